The van der Waals surface area contributed by atoms with Crippen LogP contribution in [0.4, 0.5) is 9.18 Å². The minimum Gasteiger partial charge on any atom is -0.337 e. The molecule has 2 aliphatic rings. The molecule has 1 aliphatic heterocycles. The molecule has 0 unspecified atom stereocenters. The SMILES string of the molecule is CCN(Cc1cccc(F)c1)C(=O)CN1C(=O)N[C@@]2(CCCC[C@H]2C)C1=O. The van der Waals surface area contributed by atoms with Crippen LogP contribution in [0, 0.1) is 11.7 Å². The van der Waals surface area contributed by atoms with E-state index in [1.807, 2.05) is 13.8 Å². The predicted molar refractivity (Wildman–Crippen MR) is 98.1 cm³/mol. The van der Waals surface area contributed by atoms with E-state index in [0.29, 0.717) is 18.5 Å². The molecule has 1 heterocycles. The summed E-state index contributed by atoms with van der Waals surface area (Å²) in [5.41, 5.74) is -0.199. The van der Waals surface area contributed by atoms with Crippen LogP contribution in [-0.2, 0) is 16.1 Å². The highest BCUT2D eigenvalue weighted by molar-refractivity contribution is 6.09. The average Bonchev–Trinajstić information content (AvgIpc) is 2.87. The molecule has 3 rings (SSSR count). The molecule has 0 bridgehead atoms. The normalized spacial score (nSPS) is 25.0. The largest absolute Gasteiger partial charge is 0.337 e. The van der Waals surface area contributed by atoms with Gasteiger partial charge in [0.1, 0.15) is 17.9 Å². The highest BCUT2D eigenvalue weighted by atomic mass is 19.1. The van der Waals surface area contributed by atoms with Gasteiger partial charge in [-0.2, -0.15) is 0 Å². The number of hydrogen-bond acceptors (Lipinski definition) is 3. The summed E-state index contributed by atoms with van der Waals surface area (Å²) < 4.78 is 13.4. The molecule has 2 atom stereocenters. The fraction of sp³-hybridized carbons (Fsp3) is 0.550. The second-order valence-electron chi connectivity index (χ2n) is 7.48. The Morgan fingerprint density at radius 3 is 2.81 bits per heavy atom. The third-order valence-corrected chi connectivity index (χ3v) is 5.79. The maximum absolute atomic E-state index is 13.4. The van der Waals surface area contributed by atoms with E-state index in [-0.39, 0.29) is 36.6 Å². The van der Waals surface area contributed by atoms with Gasteiger partial charge in [0.2, 0.25) is 5.91 Å². The summed E-state index contributed by atoms with van der Waals surface area (Å²) in [7, 11) is 0. The van der Waals surface area contributed by atoms with Gasteiger partial charge in [-0.25, -0.2) is 9.18 Å². The Balaban J connectivity index is 1.70. The Kier molecular flexibility index (Phi) is 5.48. The van der Waals surface area contributed by atoms with E-state index in [4.69, 9.17) is 0 Å². The summed E-state index contributed by atoms with van der Waals surface area (Å²) in [6.07, 6.45) is 3.43. The van der Waals surface area contributed by atoms with Gasteiger partial charge in [0, 0.05) is 13.1 Å². The molecule has 146 valence electrons. The van der Waals surface area contributed by atoms with Crippen LogP contribution in [0.25, 0.3) is 0 Å². The van der Waals surface area contributed by atoms with Gasteiger partial charge in [0.05, 0.1) is 0 Å². The van der Waals surface area contributed by atoms with E-state index >= 15 is 0 Å². The summed E-state index contributed by atoms with van der Waals surface area (Å²) >= 11 is 0. The molecule has 2 fully saturated rings. The summed E-state index contributed by atoms with van der Waals surface area (Å²) in [6.45, 7) is 4.14. The van der Waals surface area contributed by atoms with Gasteiger partial charge in [-0.1, -0.05) is 31.9 Å². The number of nitrogens with zero attached hydrogens (tertiary/aromatic N) is 2. The molecule has 7 heteroatoms. The number of carbonyl (C=O) groups is 3. The first kappa shape index (κ1) is 19.3. The zero-order chi connectivity index (χ0) is 19.6. The topological polar surface area (TPSA) is 69.7 Å². The van der Waals surface area contributed by atoms with Crippen molar-refractivity contribution in [3.05, 3.63) is 35.6 Å². The molecule has 0 aromatic heterocycles. The quantitative estimate of drug-likeness (QED) is 0.805. The Labute approximate surface area is 158 Å². The van der Waals surface area contributed by atoms with Crippen molar-refractivity contribution >= 4 is 17.8 Å². The monoisotopic (exact) mass is 375 g/mol. The average molecular weight is 375 g/mol. The van der Waals surface area contributed by atoms with E-state index in [9.17, 15) is 18.8 Å². The van der Waals surface area contributed by atoms with Crippen molar-refractivity contribution in [2.24, 2.45) is 5.92 Å². The van der Waals surface area contributed by atoms with Gasteiger partial charge in [-0.3, -0.25) is 14.5 Å². The summed E-state index contributed by atoms with van der Waals surface area (Å²) in [4.78, 5) is 40.7. The molecule has 6 nitrogen and oxygen atoms in total. The zero-order valence-corrected chi connectivity index (χ0v) is 15.8. The minimum absolute atomic E-state index is 0.0531. The lowest BCUT2D eigenvalue weighted by atomic mass is 9.73. The number of nitrogens with one attached hydrogen (secondary N) is 1. The lowest BCUT2D eigenvalue weighted by molar-refractivity contribution is -0.140. The lowest BCUT2D eigenvalue weighted by Crippen LogP contribution is -2.54. The number of halogens is 1. The first-order chi connectivity index (χ1) is 12.9. The van der Waals surface area contributed by atoms with Crippen LogP contribution in [0.1, 0.15) is 45.1 Å². The highest BCUT2D eigenvalue weighted by Gasteiger charge is 2.55. The number of benzene rings is 1. The molecule has 1 spiro atoms. The van der Waals surface area contributed by atoms with Gasteiger partial charge < -0.3 is 10.2 Å². The standard InChI is InChI=1S/C20H26FN3O3/c1-3-23(12-15-8-6-9-16(21)11-15)17(25)13-24-18(26)20(22-19(24)27)10-5-4-7-14(20)2/h6,8-9,11,14H,3-5,7,10,12-13H2,1-2H3,(H,22,27)/t14-,20-/m1/s1. The van der Waals surface area contributed by atoms with Gasteiger partial charge in [0.25, 0.3) is 5.91 Å². The molecule has 0 radical (unpaired) electrons. The fourth-order valence-electron chi connectivity index (χ4n) is 4.11. The Morgan fingerprint density at radius 1 is 1.37 bits per heavy atom. The van der Waals surface area contributed by atoms with Crippen LogP contribution in [0.2, 0.25) is 0 Å². The number of hydrogen-bond donors (Lipinski definition) is 1. The predicted octanol–water partition coefficient (Wildman–Crippen LogP) is 2.67. The van der Waals surface area contributed by atoms with Crippen molar-refractivity contribution in [2.75, 3.05) is 13.1 Å². The van der Waals surface area contributed by atoms with Gasteiger partial charge >= 0.3 is 6.03 Å². The Hall–Kier alpha value is -2.44. The molecule has 4 amide bonds. The second-order valence-corrected chi connectivity index (χ2v) is 7.48. The zero-order valence-electron chi connectivity index (χ0n) is 15.8. The van der Waals surface area contributed by atoms with Crippen LogP contribution in [0.5, 0.6) is 0 Å². The number of carbonyl (C=O) groups excluding carboxylic acids is 3. The number of urea groups is 1. The highest BCUT2D eigenvalue weighted by Crippen LogP contribution is 2.38. The van der Waals surface area contributed by atoms with Crippen molar-refractivity contribution in [1.82, 2.24) is 15.1 Å². The number of imide groups is 1. The number of amides is 4. The fourth-order valence-corrected chi connectivity index (χ4v) is 4.11. The minimum atomic E-state index is -0.866. The van der Waals surface area contributed by atoms with Crippen LogP contribution >= 0.6 is 0 Å². The maximum atomic E-state index is 13.4. The molecule has 1 saturated carbocycles. The smallest absolute Gasteiger partial charge is 0.325 e. The molecule has 1 aromatic rings. The molecular weight excluding hydrogens is 349 g/mol. The summed E-state index contributed by atoms with van der Waals surface area (Å²) in [6, 6.07) is 5.56. The summed E-state index contributed by atoms with van der Waals surface area (Å²) in [5, 5.41) is 2.86. The van der Waals surface area contributed by atoms with Gasteiger partial charge in [0.15, 0.2) is 0 Å². The van der Waals surface area contributed by atoms with Gasteiger partial charge in [-0.05, 0) is 43.4 Å². The molecule has 1 saturated heterocycles. The Bertz CT molecular complexity index is 754. The van der Waals surface area contributed by atoms with Crippen molar-refractivity contribution < 1.29 is 18.8 Å². The molecule has 27 heavy (non-hydrogen) atoms. The first-order valence-electron chi connectivity index (χ1n) is 9.53. The third-order valence-electron chi connectivity index (χ3n) is 5.79. The van der Waals surface area contributed by atoms with Crippen LogP contribution < -0.4 is 5.32 Å². The maximum Gasteiger partial charge on any atom is 0.325 e. The van der Waals surface area contributed by atoms with Crippen molar-refractivity contribution in [1.29, 1.82) is 0 Å². The first-order valence-corrected chi connectivity index (χ1v) is 9.53. The molecular formula is C20H26FN3O3. The van der Waals surface area contributed by atoms with Crippen LogP contribution in [-0.4, -0.2) is 46.3 Å². The molecule has 1 aromatic carbocycles. The van der Waals surface area contributed by atoms with E-state index in [1.165, 1.54) is 17.0 Å². The van der Waals surface area contributed by atoms with E-state index in [1.54, 1.807) is 12.1 Å². The van der Waals surface area contributed by atoms with E-state index < -0.39 is 11.6 Å². The molecule has 1 N–H and O–H groups in total. The van der Waals surface area contributed by atoms with Crippen molar-refractivity contribution in [3.8, 4) is 0 Å². The van der Waals surface area contributed by atoms with Gasteiger partial charge in [-0.15, -0.1) is 0 Å². The lowest BCUT2D eigenvalue weighted by Gasteiger charge is -2.36. The number of likely N-dealkylation sites (N-methyl/N-ethyl adjacent to an activating group) is 1. The van der Waals surface area contributed by atoms with Crippen LogP contribution in [0.3, 0.4) is 0 Å². The third kappa shape index (κ3) is 3.68. The van der Waals surface area contributed by atoms with E-state index in [2.05, 4.69) is 5.32 Å². The van der Waals surface area contributed by atoms with E-state index in [0.717, 1.165) is 24.2 Å². The Morgan fingerprint density at radius 2 is 2.15 bits per heavy atom. The van der Waals surface area contributed by atoms with Crippen molar-refractivity contribution in [3.63, 3.8) is 0 Å². The van der Waals surface area contributed by atoms with Crippen LogP contribution in [0.15, 0.2) is 24.3 Å². The molecule has 1 aliphatic carbocycles. The number of rotatable bonds is 5. The van der Waals surface area contributed by atoms with Crippen molar-refractivity contribution in [2.45, 2.75) is 51.6 Å². The summed E-state index contributed by atoms with van der Waals surface area (Å²) in [5.74, 6) is -0.934. The second kappa shape index (κ2) is 7.66.